The predicted molar refractivity (Wildman–Crippen MR) is 112 cm³/mol. The molecule has 1 aliphatic carbocycles. The summed E-state index contributed by atoms with van der Waals surface area (Å²) in [5, 5.41) is 0. The molecule has 1 atom stereocenters. The van der Waals surface area contributed by atoms with Crippen molar-refractivity contribution in [3.8, 4) is 11.3 Å². The van der Waals surface area contributed by atoms with E-state index in [9.17, 15) is 4.79 Å². The quantitative estimate of drug-likeness (QED) is 0.672. The zero-order chi connectivity index (χ0) is 19.7. The summed E-state index contributed by atoms with van der Waals surface area (Å²) in [4.78, 5) is 17.1. The Bertz CT molecular complexity index is 1000. The van der Waals surface area contributed by atoms with Crippen LogP contribution in [0.5, 0.6) is 0 Å². The van der Waals surface area contributed by atoms with Gasteiger partial charge in [0.15, 0.2) is 0 Å². The molecule has 0 spiro atoms. The van der Waals surface area contributed by atoms with Gasteiger partial charge < -0.3 is 10.3 Å². The van der Waals surface area contributed by atoms with Crippen molar-refractivity contribution in [2.24, 2.45) is 5.73 Å². The molecule has 2 heterocycles. The van der Waals surface area contributed by atoms with Gasteiger partial charge in [0.2, 0.25) is 0 Å². The minimum Gasteiger partial charge on any atom is -0.366 e. The Morgan fingerprint density at radius 3 is 2.71 bits per heavy atom. The fraction of sp³-hybridized carbons (Fsp3) is 0.333. The summed E-state index contributed by atoms with van der Waals surface area (Å²) in [5.74, 6) is -0.374. The van der Waals surface area contributed by atoms with E-state index in [0.717, 1.165) is 49.1 Å². The Labute approximate surface area is 166 Å². The van der Waals surface area contributed by atoms with Crippen LogP contribution in [0.25, 0.3) is 11.3 Å². The van der Waals surface area contributed by atoms with Crippen LogP contribution in [0.4, 0.5) is 0 Å². The molecule has 0 saturated carbocycles. The first-order valence-corrected chi connectivity index (χ1v) is 10.2. The van der Waals surface area contributed by atoms with Gasteiger partial charge in [-0.1, -0.05) is 43.7 Å². The third-order valence-electron chi connectivity index (χ3n) is 5.90. The Morgan fingerprint density at radius 1 is 1.21 bits per heavy atom. The second kappa shape index (κ2) is 7.63. The van der Waals surface area contributed by atoms with Crippen molar-refractivity contribution in [3.63, 3.8) is 0 Å². The van der Waals surface area contributed by atoms with E-state index < -0.39 is 0 Å². The van der Waals surface area contributed by atoms with Crippen molar-refractivity contribution in [2.75, 3.05) is 0 Å². The van der Waals surface area contributed by atoms with Crippen LogP contribution in [-0.2, 0) is 12.8 Å². The van der Waals surface area contributed by atoms with E-state index in [1.165, 1.54) is 16.8 Å². The Hall–Kier alpha value is -2.88. The average Bonchev–Trinajstić information content (AvgIpc) is 3.25. The largest absolute Gasteiger partial charge is 0.366 e. The normalized spacial score (nSPS) is 15.6. The number of primary amides is 1. The van der Waals surface area contributed by atoms with Crippen LogP contribution in [0.1, 0.15) is 65.1 Å². The van der Waals surface area contributed by atoms with E-state index in [4.69, 9.17) is 5.73 Å². The minimum atomic E-state index is -0.374. The summed E-state index contributed by atoms with van der Waals surface area (Å²) < 4.78 is 2.38. The van der Waals surface area contributed by atoms with E-state index in [0.29, 0.717) is 5.56 Å². The molecule has 144 valence electrons. The maximum absolute atomic E-state index is 12.5. The highest BCUT2D eigenvalue weighted by Crippen LogP contribution is 2.41. The minimum absolute atomic E-state index is 0.249. The molecule has 0 bridgehead atoms. The standard InChI is InChI=1S/C24H27N3O/c1-3-4-12-21-23(19-11-7-8-15-26-19)22(24(25)28)16(2)27(21)20-14-13-17-9-5-6-10-18(17)20/h5-11,15,20H,3-4,12-14H2,1-2H3,(H2,25,28). The maximum atomic E-state index is 12.5. The monoisotopic (exact) mass is 373 g/mol. The van der Waals surface area contributed by atoms with Crippen LogP contribution in [0.3, 0.4) is 0 Å². The van der Waals surface area contributed by atoms with Crippen molar-refractivity contribution in [1.29, 1.82) is 0 Å². The number of hydrogen-bond donors (Lipinski definition) is 1. The van der Waals surface area contributed by atoms with Gasteiger partial charge in [-0.05, 0) is 55.9 Å². The van der Waals surface area contributed by atoms with E-state index in [1.807, 2.05) is 25.1 Å². The van der Waals surface area contributed by atoms with Gasteiger partial charge >= 0.3 is 0 Å². The molecule has 0 saturated heterocycles. The SMILES string of the molecule is CCCCc1c(-c2ccccn2)c(C(N)=O)c(C)n1C1CCc2ccccc21. The van der Waals surface area contributed by atoms with Gasteiger partial charge in [0.1, 0.15) is 0 Å². The molecule has 2 N–H and O–H groups in total. The number of pyridine rings is 1. The molecule has 0 fully saturated rings. The molecular formula is C24H27N3O. The fourth-order valence-corrected chi connectivity index (χ4v) is 4.67. The van der Waals surface area contributed by atoms with Crippen molar-refractivity contribution in [3.05, 3.63) is 76.7 Å². The number of amides is 1. The van der Waals surface area contributed by atoms with Gasteiger partial charge in [-0.2, -0.15) is 0 Å². The number of aromatic nitrogens is 2. The smallest absolute Gasteiger partial charge is 0.251 e. The first-order chi connectivity index (χ1) is 13.6. The Balaban J connectivity index is 1.97. The van der Waals surface area contributed by atoms with Crippen molar-refractivity contribution >= 4 is 5.91 Å². The number of nitrogens with two attached hydrogens (primary N) is 1. The predicted octanol–water partition coefficient (Wildman–Crippen LogP) is 4.84. The lowest BCUT2D eigenvalue weighted by Crippen LogP contribution is -2.15. The van der Waals surface area contributed by atoms with Gasteiger partial charge in [0, 0.05) is 23.1 Å². The summed E-state index contributed by atoms with van der Waals surface area (Å²) in [6, 6.07) is 14.7. The molecular weight excluding hydrogens is 346 g/mol. The summed E-state index contributed by atoms with van der Waals surface area (Å²) >= 11 is 0. The van der Waals surface area contributed by atoms with Crippen molar-refractivity contribution in [2.45, 2.75) is 52.0 Å². The van der Waals surface area contributed by atoms with E-state index in [2.05, 4.69) is 40.7 Å². The Kier molecular flexibility index (Phi) is 5.03. The molecule has 4 heteroatoms. The van der Waals surface area contributed by atoms with Gasteiger partial charge in [0.25, 0.3) is 5.91 Å². The highest BCUT2D eigenvalue weighted by atomic mass is 16.1. The molecule has 1 unspecified atom stereocenters. The molecule has 2 aromatic heterocycles. The first-order valence-electron chi connectivity index (χ1n) is 10.2. The number of hydrogen-bond acceptors (Lipinski definition) is 2. The highest BCUT2D eigenvalue weighted by molar-refractivity contribution is 6.01. The Morgan fingerprint density at radius 2 is 2.00 bits per heavy atom. The van der Waals surface area contributed by atoms with E-state index >= 15 is 0 Å². The molecule has 4 nitrogen and oxygen atoms in total. The van der Waals surface area contributed by atoms with Crippen LogP contribution in [0, 0.1) is 6.92 Å². The maximum Gasteiger partial charge on any atom is 0.251 e. The van der Waals surface area contributed by atoms with Crippen LogP contribution >= 0.6 is 0 Å². The van der Waals surface area contributed by atoms with Gasteiger partial charge in [-0.3, -0.25) is 9.78 Å². The number of rotatable bonds is 6. The molecule has 1 aliphatic rings. The van der Waals surface area contributed by atoms with Crippen LogP contribution in [0.2, 0.25) is 0 Å². The lowest BCUT2D eigenvalue weighted by atomic mass is 10.0. The highest BCUT2D eigenvalue weighted by Gasteiger charge is 2.32. The number of unbranched alkanes of at least 4 members (excludes halogenated alkanes) is 1. The topological polar surface area (TPSA) is 60.9 Å². The van der Waals surface area contributed by atoms with Gasteiger partial charge in [0.05, 0.1) is 17.3 Å². The zero-order valence-corrected chi connectivity index (χ0v) is 16.6. The number of fused-ring (bicyclic) bond motifs is 1. The van der Waals surface area contributed by atoms with Crippen LogP contribution in [0.15, 0.2) is 48.7 Å². The third kappa shape index (κ3) is 3.03. The molecule has 1 amide bonds. The van der Waals surface area contributed by atoms with Crippen LogP contribution < -0.4 is 5.73 Å². The molecule has 4 rings (SSSR count). The number of carbonyl (C=O) groups is 1. The number of aryl methyl sites for hydroxylation is 1. The summed E-state index contributed by atoms with van der Waals surface area (Å²) in [7, 11) is 0. The number of benzene rings is 1. The number of carbonyl (C=O) groups excluding carboxylic acids is 1. The molecule has 3 aromatic rings. The number of nitrogens with zero attached hydrogens (tertiary/aromatic N) is 2. The van der Waals surface area contributed by atoms with Gasteiger partial charge in [-0.25, -0.2) is 0 Å². The zero-order valence-electron chi connectivity index (χ0n) is 16.6. The molecule has 0 radical (unpaired) electrons. The lowest BCUT2D eigenvalue weighted by molar-refractivity contribution is 0.1000. The molecule has 0 aliphatic heterocycles. The average molecular weight is 374 g/mol. The van der Waals surface area contributed by atoms with E-state index in [-0.39, 0.29) is 11.9 Å². The summed E-state index contributed by atoms with van der Waals surface area (Å²) in [5.41, 5.74) is 13.2. The van der Waals surface area contributed by atoms with E-state index in [1.54, 1.807) is 6.20 Å². The molecule has 1 aromatic carbocycles. The molecule has 28 heavy (non-hydrogen) atoms. The summed E-state index contributed by atoms with van der Waals surface area (Å²) in [6.45, 7) is 4.23. The first kappa shape index (κ1) is 18.5. The fourth-order valence-electron chi connectivity index (χ4n) is 4.67. The van der Waals surface area contributed by atoms with Gasteiger partial charge in [-0.15, -0.1) is 0 Å². The van der Waals surface area contributed by atoms with Crippen molar-refractivity contribution < 1.29 is 4.79 Å². The van der Waals surface area contributed by atoms with Crippen LogP contribution in [-0.4, -0.2) is 15.5 Å². The lowest BCUT2D eigenvalue weighted by Gasteiger charge is -2.21. The van der Waals surface area contributed by atoms with Crippen molar-refractivity contribution in [1.82, 2.24) is 9.55 Å². The summed E-state index contributed by atoms with van der Waals surface area (Å²) in [6.07, 6.45) is 6.97. The second-order valence-electron chi connectivity index (χ2n) is 7.59. The third-order valence-corrected chi connectivity index (χ3v) is 5.90. The second-order valence-corrected chi connectivity index (χ2v) is 7.59.